The van der Waals surface area contributed by atoms with Gasteiger partial charge in [0.25, 0.3) is 0 Å². The summed E-state index contributed by atoms with van der Waals surface area (Å²) in [7, 11) is 0. The number of halogens is 2. The van der Waals surface area contributed by atoms with E-state index in [1.54, 1.807) is 12.1 Å². The summed E-state index contributed by atoms with van der Waals surface area (Å²) in [4.78, 5) is 21.1. The van der Waals surface area contributed by atoms with E-state index in [4.69, 9.17) is 27.9 Å². The second-order valence-electron chi connectivity index (χ2n) is 12.9. The molecule has 0 bridgehead atoms. The van der Waals surface area contributed by atoms with Crippen molar-refractivity contribution in [3.63, 3.8) is 0 Å². The van der Waals surface area contributed by atoms with E-state index in [1.165, 1.54) is 12.8 Å². The molecule has 46 heavy (non-hydrogen) atoms. The Morgan fingerprint density at radius 2 is 1.54 bits per heavy atom. The van der Waals surface area contributed by atoms with E-state index < -0.39 is 30.5 Å². The molecule has 0 radical (unpaired) electrons. The van der Waals surface area contributed by atoms with Gasteiger partial charge in [-0.3, -0.25) is 14.6 Å². The van der Waals surface area contributed by atoms with Gasteiger partial charge >= 0.3 is 0 Å². The molecule has 3 aromatic carbocycles. The topological polar surface area (TPSA) is 80.0 Å². The summed E-state index contributed by atoms with van der Waals surface area (Å²) in [6.07, 6.45) is 2.20. The predicted octanol–water partition coefficient (Wildman–Crippen LogP) is 6.63. The highest BCUT2D eigenvalue weighted by Crippen LogP contribution is 2.46. The van der Waals surface area contributed by atoms with Crippen LogP contribution in [0.3, 0.4) is 0 Å². The monoisotopic (exact) mass is 660 g/mol. The van der Waals surface area contributed by atoms with E-state index in [1.807, 2.05) is 70.5 Å². The van der Waals surface area contributed by atoms with Gasteiger partial charge in [-0.25, -0.2) is 0 Å². The van der Waals surface area contributed by atoms with Crippen molar-refractivity contribution in [3.8, 4) is 6.07 Å². The Morgan fingerprint density at radius 1 is 0.935 bits per heavy atom. The average molecular weight is 662 g/mol. The van der Waals surface area contributed by atoms with Gasteiger partial charge in [0.2, 0.25) is 5.91 Å². The van der Waals surface area contributed by atoms with Crippen LogP contribution in [0.2, 0.25) is 10.0 Å². The van der Waals surface area contributed by atoms with E-state index in [0.29, 0.717) is 41.5 Å². The third-order valence-corrected chi connectivity index (χ3v) is 10.1. The SMILES string of the molecule is CCC[C@H](C(=O)N1CCN(CC2CC2)CC1)N1C(O)[C@H](Cc2ccc(C#N)cc2)O[C@@H](c2ccc(Cl)cc2)[C@H]1c1ccc(Cl)cc1. The fraction of sp³-hybridized carbons (Fsp3) is 0.459. The van der Waals surface area contributed by atoms with E-state index >= 15 is 0 Å². The van der Waals surface area contributed by atoms with Crippen molar-refractivity contribution in [2.45, 2.75) is 69.5 Å². The first-order valence-corrected chi connectivity index (χ1v) is 17.2. The molecule has 5 atom stereocenters. The molecule has 1 unspecified atom stereocenters. The van der Waals surface area contributed by atoms with Crippen molar-refractivity contribution in [1.29, 1.82) is 5.26 Å². The number of aliphatic hydroxyl groups excluding tert-OH is 1. The molecule has 3 fully saturated rings. The number of hydrogen-bond acceptors (Lipinski definition) is 6. The van der Waals surface area contributed by atoms with Crippen LogP contribution in [0.1, 0.15) is 67.0 Å². The number of carbonyl (C=O) groups excluding carboxylic acids is 1. The number of hydrogen-bond donors (Lipinski definition) is 1. The smallest absolute Gasteiger partial charge is 0.240 e. The molecule has 6 rings (SSSR count). The standard InChI is InChI=1S/C37H42Cl2N4O3/c1-2-3-32(36(44)42-20-18-41(19-21-42)24-27-8-9-27)43-34(28-10-14-30(38)15-11-28)35(29-12-16-31(39)17-13-29)46-33(37(43)45)22-25-4-6-26(23-40)7-5-25/h4-7,10-17,27,32-35,37,45H,2-3,8-9,18-22,24H2,1H3/t32-,33+,34-,35+,37?/m1/s1. The second kappa shape index (κ2) is 14.9. The van der Waals surface area contributed by atoms with E-state index in [2.05, 4.69) is 17.9 Å². The summed E-state index contributed by atoms with van der Waals surface area (Å²) in [6.45, 7) is 6.34. The number of rotatable bonds is 10. The largest absolute Gasteiger partial charge is 0.376 e. The van der Waals surface area contributed by atoms with Gasteiger partial charge in [-0.2, -0.15) is 5.26 Å². The molecule has 9 heteroatoms. The van der Waals surface area contributed by atoms with Crippen LogP contribution in [0.5, 0.6) is 0 Å². The number of nitrogens with zero attached hydrogens (tertiary/aromatic N) is 4. The summed E-state index contributed by atoms with van der Waals surface area (Å²) < 4.78 is 6.86. The summed E-state index contributed by atoms with van der Waals surface area (Å²) >= 11 is 12.7. The van der Waals surface area contributed by atoms with Crippen LogP contribution in [0.15, 0.2) is 72.8 Å². The van der Waals surface area contributed by atoms with Crippen molar-refractivity contribution in [3.05, 3.63) is 105 Å². The molecule has 7 nitrogen and oxygen atoms in total. The quantitative estimate of drug-likeness (QED) is 0.263. The van der Waals surface area contributed by atoms with E-state index in [9.17, 15) is 15.2 Å². The van der Waals surface area contributed by atoms with Crippen LogP contribution in [0, 0.1) is 17.2 Å². The zero-order chi connectivity index (χ0) is 32.2. The molecule has 3 aliphatic rings. The van der Waals surface area contributed by atoms with Gasteiger partial charge in [0.05, 0.1) is 23.7 Å². The lowest BCUT2D eigenvalue weighted by Gasteiger charge is -2.52. The molecule has 2 saturated heterocycles. The van der Waals surface area contributed by atoms with Gasteiger partial charge in [-0.05, 0) is 78.3 Å². The van der Waals surface area contributed by atoms with Crippen molar-refractivity contribution in [2.24, 2.45) is 5.92 Å². The number of piperazine rings is 1. The molecule has 1 aliphatic carbocycles. The maximum atomic E-state index is 14.6. The van der Waals surface area contributed by atoms with E-state index in [0.717, 1.165) is 48.7 Å². The van der Waals surface area contributed by atoms with E-state index in [-0.39, 0.29) is 5.91 Å². The van der Waals surface area contributed by atoms with Gasteiger partial charge in [-0.1, -0.05) is 72.9 Å². The lowest BCUT2D eigenvalue weighted by Crippen LogP contribution is -2.62. The van der Waals surface area contributed by atoms with Crippen molar-refractivity contribution < 1.29 is 14.6 Å². The third-order valence-electron chi connectivity index (χ3n) is 9.60. The van der Waals surface area contributed by atoms with Gasteiger partial charge in [-0.15, -0.1) is 0 Å². The highest BCUT2D eigenvalue weighted by atomic mass is 35.5. The Hall–Kier alpha value is -2.96. The molecular weight excluding hydrogens is 619 g/mol. The zero-order valence-electron chi connectivity index (χ0n) is 26.3. The van der Waals surface area contributed by atoms with Crippen molar-refractivity contribution >= 4 is 29.1 Å². The lowest BCUT2D eigenvalue weighted by molar-refractivity contribution is -0.232. The first-order valence-electron chi connectivity index (χ1n) is 16.5. The summed E-state index contributed by atoms with van der Waals surface area (Å²) in [6, 6.07) is 23.7. The molecule has 2 aliphatic heterocycles. The number of amides is 1. The molecular formula is C37H42Cl2N4O3. The molecule has 0 aromatic heterocycles. The number of benzene rings is 3. The summed E-state index contributed by atoms with van der Waals surface area (Å²) in [5, 5.41) is 22.8. The number of morpholine rings is 1. The molecule has 2 heterocycles. The number of aliphatic hydroxyl groups is 1. The fourth-order valence-corrected chi connectivity index (χ4v) is 7.20. The van der Waals surface area contributed by atoms with Gasteiger partial charge in [0.15, 0.2) is 0 Å². The highest BCUT2D eigenvalue weighted by molar-refractivity contribution is 6.30. The summed E-state index contributed by atoms with van der Waals surface area (Å²) in [5.41, 5.74) is 3.32. The maximum Gasteiger partial charge on any atom is 0.240 e. The molecule has 242 valence electrons. The Balaban J connectivity index is 1.38. The minimum absolute atomic E-state index is 0.0554. The minimum Gasteiger partial charge on any atom is -0.376 e. The second-order valence-corrected chi connectivity index (χ2v) is 13.8. The minimum atomic E-state index is -1.07. The summed E-state index contributed by atoms with van der Waals surface area (Å²) in [5.74, 6) is 0.872. The average Bonchev–Trinajstić information content (AvgIpc) is 3.90. The Kier molecular flexibility index (Phi) is 10.6. The van der Waals surface area contributed by atoms with Crippen LogP contribution >= 0.6 is 23.2 Å². The van der Waals surface area contributed by atoms with Crippen LogP contribution < -0.4 is 0 Å². The van der Waals surface area contributed by atoms with Gasteiger partial charge in [0.1, 0.15) is 18.4 Å². The van der Waals surface area contributed by atoms with Crippen LogP contribution in [-0.2, 0) is 16.0 Å². The first-order chi connectivity index (χ1) is 22.3. The van der Waals surface area contributed by atoms with Crippen molar-refractivity contribution in [2.75, 3.05) is 32.7 Å². The fourth-order valence-electron chi connectivity index (χ4n) is 6.95. The van der Waals surface area contributed by atoms with Crippen LogP contribution in [-0.4, -0.2) is 76.8 Å². The number of carbonyl (C=O) groups is 1. The molecule has 3 aromatic rings. The highest BCUT2D eigenvalue weighted by Gasteiger charge is 2.49. The predicted molar refractivity (Wildman–Crippen MR) is 180 cm³/mol. The zero-order valence-corrected chi connectivity index (χ0v) is 27.8. The third kappa shape index (κ3) is 7.60. The maximum absolute atomic E-state index is 14.6. The Labute approximate surface area is 282 Å². The molecule has 1 amide bonds. The van der Waals surface area contributed by atoms with Gasteiger partial charge < -0.3 is 14.7 Å². The number of nitriles is 1. The van der Waals surface area contributed by atoms with Crippen LogP contribution in [0.25, 0.3) is 0 Å². The molecule has 0 spiro atoms. The molecule has 1 saturated carbocycles. The molecule has 1 N–H and O–H groups in total. The van der Waals surface area contributed by atoms with Crippen molar-refractivity contribution in [1.82, 2.24) is 14.7 Å². The number of ether oxygens (including phenoxy) is 1. The first kappa shape index (κ1) is 33.0. The van der Waals surface area contributed by atoms with Crippen LogP contribution in [0.4, 0.5) is 0 Å². The Bertz CT molecular complexity index is 1500. The lowest BCUT2D eigenvalue weighted by atomic mass is 9.88. The normalized spacial score (nSPS) is 24.8. The Morgan fingerprint density at radius 3 is 2.11 bits per heavy atom. The van der Waals surface area contributed by atoms with Gasteiger partial charge in [0, 0.05) is 49.2 Å².